The molecule has 0 amide bonds. The standard InChI is InChI=1S/C10H17FN2O4S/c1-13(2)10-12-5-6(15)7(16)8(4(14)3-11)17-9(5)18-10/h4-9,14-16H,3H2,1-2H3/t4-,5?,6?,7?,8?,9?/m0/s1. The molecule has 0 aromatic carbocycles. The third kappa shape index (κ3) is 2.35. The molecule has 8 heteroatoms. The van der Waals surface area contributed by atoms with E-state index >= 15 is 0 Å². The van der Waals surface area contributed by atoms with E-state index in [1.165, 1.54) is 11.8 Å². The number of hydrogen-bond acceptors (Lipinski definition) is 7. The summed E-state index contributed by atoms with van der Waals surface area (Å²) in [4.78, 5) is 6.03. The molecule has 1 fully saturated rings. The summed E-state index contributed by atoms with van der Waals surface area (Å²) in [5.41, 5.74) is -0.507. The Bertz CT molecular complexity index is 344. The van der Waals surface area contributed by atoms with Crippen molar-refractivity contribution in [2.24, 2.45) is 4.99 Å². The van der Waals surface area contributed by atoms with Gasteiger partial charge in [0.15, 0.2) is 5.17 Å². The first-order valence-electron chi connectivity index (χ1n) is 5.63. The van der Waals surface area contributed by atoms with Crippen LogP contribution in [0.15, 0.2) is 4.99 Å². The summed E-state index contributed by atoms with van der Waals surface area (Å²) >= 11 is 1.29. The average molecular weight is 280 g/mol. The highest BCUT2D eigenvalue weighted by Crippen LogP contribution is 2.37. The zero-order chi connectivity index (χ0) is 13.4. The fourth-order valence-electron chi connectivity index (χ4n) is 2.00. The molecule has 18 heavy (non-hydrogen) atoms. The summed E-state index contributed by atoms with van der Waals surface area (Å²) in [7, 11) is 3.61. The minimum absolute atomic E-state index is 0.507. The third-order valence-electron chi connectivity index (χ3n) is 3.01. The molecule has 6 nitrogen and oxygen atoms in total. The Kier molecular flexibility index (Phi) is 4.12. The smallest absolute Gasteiger partial charge is 0.161 e. The van der Waals surface area contributed by atoms with Crippen molar-refractivity contribution < 1.29 is 24.4 Å². The third-order valence-corrected chi connectivity index (χ3v) is 4.31. The van der Waals surface area contributed by atoms with Gasteiger partial charge in [-0.25, -0.2) is 4.39 Å². The van der Waals surface area contributed by atoms with Gasteiger partial charge in [0.05, 0.1) is 0 Å². The van der Waals surface area contributed by atoms with Crippen LogP contribution >= 0.6 is 11.8 Å². The number of amidine groups is 1. The number of aliphatic imine (C=N–C) groups is 1. The molecule has 2 aliphatic heterocycles. The van der Waals surface area contributed by atoms with Gasteiger partial charge in [-0.15, -0.1) is 0 Å². The van der Waals surface area contributed by atoms with E-state index in [4.69, 9.17) is 4.74 Å². The maximum atomic E-state index is 12.5. The first-order chi connectivity index (χ1) is 8.45. The second-order valence-corrected chi connectivity index (χ2v) is 5.65. The molecule has 5 unspecified atom stereocenters. The van der Waals surface area contributed by atoms with Crippen LogP contribution < -0.4 is 0 Å². The van der Waals surface area contributed by atoms with Crippen molar-refractivity contribution in [1.82, 2.24) is 4.90 Å². The first-order valence-corrected chi connectivity index (χ1v) is 6.51. The van der Waals surface area contributed by atoms with Gasteiger partial charge in [-0.05, 0) is 0 Å². The van der Waals surface area contributed by atoms with E-state index in [9.17, 15) is 19.7 Å². The molecule has 0 radical (unpaired) electrons. The van der Waals surface area contributed by atoms with E-state index in [0.29, 0.717) is 5.17 Å². The van der Waals surface area contributed by atoms with Gasteiger partial charge in [-0.1, -0.05) is 11.8 Å². The summed E-state index contributed by atoms with van der Waals surface area (Å²) in [6.07, 6.45) is -5.09. The average Bonchev–Trinajstić information content (AvgIpc) is 2.77. The number of ether oxygens (including phenoxy) is 1. The lowest BCUT2D eigenvalue weighted by atomic mass is 9.95. The molecule has 104 valence electrons. The van der Waals surface area contributed by atoms with Crippen molar-refractivity contribution in [2.75, 3.05) is 20.8 Å². The number of fused-ring (bicyclic) bond motifs is 1. The molecule has 1 saturated heterocycles. The van der Waals surface area contributed by atoms with Crippen LogP contribution in [0.2, 0.25) is 0 Å². The molecular weight excluding hydrogens is 263 g/mol. The maximum absolute atomic E-state index is 12.5. The van der Waals surface area contributed by atoms with Gasteiger partial charge in [0, 0.05) is 14.1 Å². The fraction of sp³-hybridized carbons (Fsp3) is 0.900. The van der Waals surface area contributed by atoms with Gasteiger partial charge < -0.3 is 25.0 Å². The molecular formula is C10H17FN2O4S. The number of rotatable bonds is 2. The summed E-state index contributed by atoms with van der Waals surface area (Å²) in [6, 6.07) is -0.592. The Labute approximate surface area is 108 Å². The van der Waals surface area contributed by atoms with Gasteiger partial charge >= 0.3 is 0 Å². The van der Waals surface area contributed by atoms with Crippen molar-refractivity contribution in [2.45, 2.75) is 35.9 Å². The Balaban J connectivity index is 2.14. The predicted molar refractivity (Wildman–Crippen MR) is 65.2 cm³/mol. The monoisotopic (exact) mass is 280 g/mol. The highest BCUT2D eigenvalue weighted by molar-refractivity contribution is 8.14. The Morgan fingerprint density at radius 2 is 2.11 bits per heavy atom. The lowest BCUT2D eigenvalue weighted by Gasteiger charge is -2.39. The molecule has 0 aromatic rings. The van der Waals surface area contributed by atoms with Crippen molar-refractivity contribution in [3.63, 3.8) is 0 Å². The highest BCUT2D eigenvalue weighted by Gasteiger charge is 2.50. The Hall–Kier alpha value is -0.410. The van der Waals surface area contributed by atoms with E-state index in [-0.39, 0.29) is 0 Å². The van der Waals surface area contributed by atoms with Crippen LogP contribution in [0, 0.1) is 0 Å². The zero-order valence-corrected chi connectivity index (χ0v) is 10.9. The van der Waals surface area contributed by atoms with Gasteiger partial charge in [0.25, 0.3) is 0 Å². The van der Waals surface area contributed by atoms with Gasteiger partial charge in [-0.3, -0.25) is 4.99 Å². The van der Waals surface area contributed by atoms with Crippen LogP contribution in [-0.4, -0.2) is 82.1 Å². The van der Waals surface area contributed by atoms with Crippen molar-refractivity contribution in [1.29, 1.82) is 0 Å². The molecule has 0 aromatic heterocycles. The molecule has 6 atom stereocenters. The molecule has 2 aliphatic rings. The minimum atomic E-state index is -1.44. The SMILES string of the molecule is CN(C)C1=NC2C(OC([C@@H](O)CF)C(O)C2O)S1. The van der Waals surface area contributed by atoms with Crippen LogP contribution in [0.4, 0.5) is 4.39 Å². The topological polar surface area (TPSA) is 85.5 Å². The summed E-state index contributed by atoms with van der Waals surface area (Å²) in [6.45, 7) is -1.03. The van der Waals surface area contributed by atoms with Gasteiger partial charge in [0.2, 0.25) is 0 Å². The predicted octanol–water partition coefficient (Wildman–Crippen LogP) is -1.20. The zero-order valence-electron chi connectivity index (χ0n) is 10.1. The normalized spacial score (nSPS) is 41.2. The van der Waals surface area contributed by atoms with E-state index in [1.807, 2.05) is 0 Å². The second-order valence-electron chi connectivity index (χ2n) is 4.59. The Morgan fingerprint density at radius 1 is 1.44 bits per heavy atom. The largest absolute Gasteiger partial charge is 0.388 e. The van der Waals surface area contributed by atoms with Crippen LogP contribution in [0.25, 0.3) is 0 Å². The highest BCUT2D eigenvalue weighted by atomic mass is 32.2. The van der Waals surface area contributed by atoms with Crippen molar-refractivity contribution in [3.05, 3.63) is 0 Å². The van der Waals surface area contributed by atoms with Gasteiger partial charge in [0.1, 0.15) is 42.6 Å². The summed E-state index contributed by atoms with van der Waals surface area (Å²) in [5, 5.41) is 29.9. The molecule has 0 bridgehead atoms. The van der Waals surface area contributed by atoms with Crippen LogP contribution in [0.3, 0.4) is 0 Å². The molecule has 2 heterocycles. The number of thioether (sulfide) groups is 1. The minimum Gasteiger partial charge on any atom is -0.388 e. The van der Waals surface area contributed by atoms with Crippen molar-refractivity contribution >= 4 is 16.9 Å². The van der Waals surface area contributed by atoms with E-state index in [0.717, 1.165) is 0 Å². The van der Waals surface area contributed by atoms with Crippen LogP contribution in [0.5, 0.6) is 0 Å². The van der Waals surface area contributed by atoms with E-state index < -0.39 is 42.6 Å². The lowest BCUT2D eigenvalue weighted by Crippen LogP contribution is -2.58. The number of aliphatic hydroxyl groups excluding tert-OH is 3. The maximum Gasteiger partial charge on any atom is 0.161 e. The molecule has 3 N–H and O–H groups in total. The molecule has 0 saturated carbocycles. The van der Waals surface area contributed by atoms with E-state index in [1.54, 1.807) is 19.0 Å². The van der Waals surface area contributed by atoms with Crippen LogP contribution in [0.1, 0.15) is 0 Å². The van der Waals surface area contributed by atoms with E-state index in [2.05, 4.69) is 4.99 Å². The molecule has 0 spiro atoms. The first kappa shape index (κ1) is 14.0. The Morgan fingerprint density at radius 3 is 2.67 bits per heavy atom. The molecule has 0 aliphatic carbocycles. The number of halogens is 1. The number of aliphatic hydroxyl groups is 3. The number of nitrogens with zero attached hydrogens (tertiary/aromatic N) is 2. The fourth-order valence-corrected chi connectivity index (χ4v) is 3.14. The summed E-state index contributed by atoms with van der Waals surface area (Å²) < 4.78 is 17.9. The molecule has 2 rings (SSSR count). The summed E-state index contributed by atoms with van der Waals surface area (Å²) in [5.74, 6) is 0. The number of alkyl halides is 1. The quantitative estimate of drug-likeness (QED) is 0.589. The second kappa shape index (κ2) is 5.30. The van der Waals surface area contributed by atoms with Crippen LogP contribution in [-0.2, 0) is 4.74 Å². The van der Waals surface area contributed by atoms with Crippen molar-refractivity contribution in [3.8, 4) is 0 Å². The number of hydrogen-bond donors (Lipinski definition) is 3. The van der Waals surface area contributed by atoms with Gasteiger partial charge in [-0.2, -0.15) is 0 Å². The lowest BCUT2D eigenvalue weighted by molar-refractivity contribution is -0.186.